The second kappa shape index (κ2) is 13.1. The van der Waals surface area contributed by atoms with Crippen molar-refractivity contribution in [3.05, 3.63) is 65.2 Å². The van der Waals surface area contributed by atoms with E-state index in [1.165, 1.54) is 18.2 Å². The number of hydrogen-bond donors (Lipinski definition) is 3. The zero-order valence-corrected chi connectivity index (χ0v) is 21.7. The lowest BCUT2D eigenvalue weighted by Crippen LogP contribution is -2.37. The summed E-state index contributed by atoms with van der Waals surface area (Å²) < 4.78 is 31.4. The fourth-order valence-corrected chi connectivity index (χ4v) is 4.10. The summed E-state index contributed by atoms with van der Waals surface area (Å²) in [5, 5.41) is 6.64. The SMILES string of the molecule is CN=C(NCc1ccc(S(=O)(=O)NC)cc1)NCc1ccccc1CN1CCOCC1.I. The van der Waals surface area contributed by atoms with Gasteiger partial charge in [0.05, 0.1) is 18.1 Å². The van der Waals surface area contributed by atoms with Gasteiger partial charge in [-0.2, -0.15) is 0 Å². The first-order valence-corrected chi connectivity index (χ1v) is 11.8. The van der Waals surface area contributed by atoms with E-state index < -0.39 is 10.0 Å². The molecule has 0 aromatic heterocycles. The molecule has 0 unspecified atom stereocenters. The van der Waals surface area contributed by atoms with Gasteiger partial charge in [0.15, 0.2) is 5.96 Å². The first-order valence-electron chi connectivity index (χ1n) is 10.4. The largest absolute Gasteiger partial charge is 0.379 e. The highest BCUT2D eigenvalue weighted by molar-refractivity contribution is 14.0. The van der Waals surface area contributed by atoms with Crippen LogP contribution in [0.1, 0.15) is 16.7 Å². The van der Waals surface area contributed by atoms with Crippen molar-refractivity contribution < 1.29 is 13.2 Å². The number of nitrogens with one attached hydrogen (secondary N) is 3. The van der Waals surface area contributed by atoms with Crippen LogP contribution in [0, 0.1) is 0 Å². The van der Waals surface area contributed by atoms with E-state index in [2.05, 4.69) is 49.5 Å². The molecule has 0 aliphatic carbocycles. The standard InChI is InChI=1S/C22H31N5O3S.HI/c1-23-22(25-15-18-7-9-21(10-8-18)31(28,29)24-2)26-16-19-5-3-4-6-20(19)17-27-11-13-30-14-12-27;/h3-10,24H,11-17H2,1-2H3,(H2,23,25,26);1H. The molecule has 0 saturated carbocycles. The van der Waals surface area contributed by atoms with Crippen LogP contribution in [-0.2, 0) is 34.4 Å². The van der Waals surface area contributed by atoms with E-state index in [9.17, 15) is 8.42 Å². The molecule has 1 aliphatic heterocycles. The Morgan fingerprint density at radius 3 is 2.25 bits per heavy atom. The van der Waals surface area contributed by atoms with Gasteiger partial charge in [-0.3, -0.25) is 9.89 Å². The summed E-state index contributed by atoms with van der Waals surface area (Å²) in [4.78, 5) is 6.95. The lowest BCUT2D eigenvalue weighted by molar-refractivity contribution is 0.0341. The number of morpholine rings is 1. The van der Waals surface area contributed by atoms with Gasteiger partial charge in [0.1, 0.15) is 0 Å². The second-order valence-corrected chi connectivity index (χ2v) is 9.17. The van der Waals surface area contributed by atoms with Gasteiger partial charge in [-0.25, -0.2) is 13.1 Å². The molecule has 0 atom stereocenters. The molecule has 2 aromatic carbocycles. The lowest BCUT2D eigenvalue weighted by Gasteiger charge is -2.27. The number of ether oxygens (including phenoxy) is 1. The summed E-state index contributed by atoms with van der Waals surface area (Å²) >= 11 is 0. The summed E-state index contributed by atoms with van der Waals surface area (Å²) in [7, 11) is -0.286. The van der Waals surface area contributed by atoms with Crippen LogP contribution in [0.15, 0.2) is 58.4 Å². The van der Waals surface area contributed by atoms with Gasteiger partial charge in [-0.05, 0) is 35.9 Å². The van der Waals surface area contributed by atoms with Crippen molar-refractivity contribution in [3.63, 3.8) is 0 Å². The summed E-state index contributed by atoms with van der Waals surface area (Å²) in [5.74, 6) is 0.688. The summed E-state index contributed by atoms with van der Waals surface area (Å²) in [6, 6.07) is 15.2. The fraction of sp³-hybridized carbons (Fsp3) is 0.409. The van der Waals surface area contributed by atoms with Crippen LogP contribution in [0.3, 0.4) is 0 Å². The van der Waals surface area contributed by atoms with Gasteiger partial charge in [-0.1, -0.05) is 36.4 Å². The van der Waals surface area contributed by atoms with Crippen molar-refractivity contribution >= 4 is 40.0 Å². The molecule has 0 bridgehead atoms. The number of hydrogen-bond acceptors (Lipinski definition) is 5. The van der Waals surface area contributed by atoms with Gasteiger partial charge in [0.25, 0.3) is 0 Å². The highest BCUT2D eigenvalue weighted by atomic mass is 127. The third kappa shape index (κ3) is 7.69. The molecule has 176 valence electrons. The Morgan fingerprint density at radius 2 is 1.62 bits per heavy atom. The fourth-order valence-electron chi connectivity index (χ4n) is 3.37. The Bertz CT molecular complexity index is 977. The van der Waals surface area contributed by atoms with Crippen molar-refractivity contribution in [2.24, 2.45) is 4.99 Å². The number of aliphatic imine (C=N–C) groups is 1. The molecule has 10 heteroatoms. The number of guanidine groups is 1. The van der Waals surface area contributed by atoms with Crippen molar-refractivity contribution in [2.75, 3.05) is 40.4 Å². The Hall–Kier alpha value is -1.73. The molecule has 1 heterocycles. The van der Waals surface area contributed by atoms with E-state index in [0.717, 1.165) is 38.4 Å². The third-order valence-corrected chi connectivity index (χ3v) is 6.68. The lowest BCUT2D eigenvalue weighted by atomic mass is 10.1. The average Bonchev–Trinajstić information content (AvgIpc) is 2.81. The minimum atomic E-state index is -3.42. The molecule has 0 amide bonds. The second-order valence-electron chi connectivity index (χ2n) is 7.29. The van der Waals surface area contributed by atoms with Crippen molar-refractivity contribution in [2.45, 2.75) is 24.5 Å². The molecule has 8 nitrogen and oxygen atoms in total. The van der Waals surface area contributed by atoms with E-state index in [1.807, 2.05) is 0 Å². The Balaban J connectivity index is 0.00000363. The molecule has 1 fully saturated rings. The number of nitrogens with zero attached hydrogens (tertiary/aromatic N) is 2. The van der Waals surface area contributed by atoms with E-state index in [-0.39, 0.29) is 28.9 Å². The molecule has 32 heavy (non-hydrogen) atoms. The van der Waals surface area contributed by atoms with E-state index >= 15 is 0 Å². The maximum Gasteiger partial charge on any atom is 0.240 e. The highest BCUT2D eigenvalue weighted by Gasteiger charge is 2.13. The van der Waals surface area contributed by atoms with E-state index in [4.69, 9.17) is 4.74 Å². The zero-order valence-electron chi connectivity index (χ0n) is 18.5. The normalized spacial score (nSPS) is 15.1. The minimum Gasteiger partial charge on any atom is -0.379 e. The Labute approximate surface area is 207 Å². The summed E-state index contributed by atoms with van der Waals surface area (Å²) in [6.07, 6.45) is 0. The molecule has 1 aliphatic rings. The molecular weight excluding hydrogens is 541 g/mol. The molecule has 3 rings (SSSR count). The zero-order chi connectivity index (χ0) is 22.1. The van der Waals surface area contributed by atoms with E-state index in [1.54, 1.807) is 31.3 Å². The van der Waals surface area contributed by atoms with Gasteiger partial charge in [0, 0.05) is 39.8 Å². The molecule has 1 saturated heterocycles. The average molecular weight is 574 g/mol. The van der Waals surface area contributed by atoms with E-state index in [0.29, 0.717) is 19.0 Å². The monoisotopic (exact) mass is 573 g/mol. The van der Waals surface area contributed by atoms with Crippen molar-refractivity contribution in [1.82, 2.24) is 20.3 Å². The maximum atomic E-state index is 11.8. The van der Waals surface area contributed by atoms with Crippen molar-refractivity contribution in [3.8, 4) is 0 Å². The predicted molar refractivity (Wildman–Crippen MR) is 138 cm³/mol. The summed E-state index contributed by atoms with van der Waals surface area (Å²) in [5.41, 5.74) is 3.50. The van der Waals surface area contributed by atoms with Crippen LogP contribution >= 0.6 is 24.0 Å². The van der Waals surface area contributed by atoms with Crippen LogP contribution in [-0.4, -0.2) is 59.7 Å². The molecule has 0 spiro atoms. The third-order valence-electron chi connectivity index (χ3n) is 5.25. The molecule has 2 aromatic rings. The van der Waals surface area contributed by atoms with Crippen LogP contribution in [0.5, 0.6) is 0 Å². The molecular formula is C22H32IN5O3S. The van der Waals surface area contributed by atoms with Crippen LogP contribution < -0.4 is 15.4 Å². The maximum absolute atomic E-state index is 11.8. The van der Waals surface area contributed by atoms with Crippen LogP contribution in [0.25, 0.3) is 0 Å². The van der Waals surface area contributed by atoms with Gasteiger partial charge in [0.2, 0.25) is 10.0 Å². The first kappa shape index (κ1) is 26.5. The first-order chi connectivity index (χ1) is 15.0. The predicted octanol–water partition coefficient (Wildman–Crippen LogP) is 1.91. The number of rotatable bonds is 8. The molecule has 3 N–H and O–H groups in total. The number of halogens is 1. The highest BCUT2D eigenvalue weighted by Crippen LogP contribution is 2.13. The Kier molecular flexibility index (Phi) is 10.9. The number of benzene rings is 2. The van der Waals surface area contributed by atoms with Crippen LogP contribution in [0.4, 0.5) is 0 Å². The summed E-state index contributed by atoms with van der Waals surface area (Å²) in [6.45, 7) is 5.61. The smallest absolute Gasteiger partial charge is 0.240 e. The quantitative estimate of drug-likeness (QED) is 0.254. The van der Waals surface area contributed by atoms with Gasteiger partial charge >= 0.3 is 0 Å². The van der Waals surface area contributed by atoms with Gasteiger partial charge < -0.3 is 15.4 Å². The number of sulfonamides is 1. The Morgan fingerprint density at radius 1 is 1.00 bits per heavy atom. The molecule has 0 radical (unpaired) electrons. The van der Waals surface area contributed by atoms with Crippen LogP contribution in [0.2, 0.25) is 0 Å². The van der Waals surface area contributed by atoms with Gasteiger partial charge in [-0.15, -0.1) is 24.0 Å². The van der Waals surface area contributed by atoms with Crippen molar-refractivity contribution in [1.29, 1.82) is 0 Å². The topological polar surface area (TPSA) is 95.1 Å². The minimum absolute atomic E-state index is 0.